The predicted octanol–water partition coefficient (Wildman–Crippen LogP) is 2.04. The van der Waals surface area contributed by atoms with Gasteiger partial charge in [0.05, 0.1) is 0 Å². The van der Waals surface area contributed by atoms with Gasteiger partial charge in [0, 0.05) is 18.8 Å². The van der Waals surface area contributed by atoms with Crippen LogP contribution in [0.15, 0.2) is 0 Å². The lowest BCUT2D eigenvalue weighted by atomic mass is 9.88. The van der Waals surface area contributed by atoms with Crippen LogP contribution in [0.4, 0.5) is 0 Å². The molecule has 0 saturated heterocycles. The van der Waals surface area contributed by atoms with Crippen LogP contribution in [-0.2, 0) is 9.59 Å². The van der Waals surface area contributed by atoms with Crippen LogP contribution in [0, 0.1) is 11.8 Å². The predicted molar refractivity (Wildman–Crippen MR) is 59.2 cm³/mol. The number of hydrogen-bond acceptors (Lipinski definition) is 2. The van der Waals surface area contributed by atoms with Gasteiger partial charge in [-0.25, -0.2) is 0 Å². The summed E-state index contributed by atoms with van der Waals surface area (Å²) in [7, 11) is 0. The molecule has 1 aliphatic carbocycles. The molecule has 2 atom stereocenters. The van der Waals surface area contributed by atoms with Crippen LogP contribution in [0.25, 0.3) is 0 Å². The Hall–Kier alpha value is -0.860. The van der Waals surface area contributed by atoms with E-state index in [-0.39, 0.29) is 17.7 Å². The highest BCUT2D eigenvalue weighted by Crippen LogP contribution is 2.34. The van der Waals surface area contributed by atoms with E-state index in [0.29, 0.717) is 18.6 Å². The Labute approximate surface area is 91.4 Å². The third-order valence-electron chi connectivity index (χ3n) is 3.33. The molecule has 0 aromatic rings. The maximum atomic E-state index is 11.6. The zero-order valence-electron chi connectivity index (χ0n) is 9.50. The van der Waals surface area contributed by atoms with E-state index in [4.69, 9.17) is 5.73 Å². The first-order chi connectivity index (χ1) is 7.15. The molecule has 0 aromatic carbocycles. The van der Waals surface area contributed by atoms with Crippen LogP contribution in [0.5, 0.6) is 0 Å². The van der Waals surface area contributed by atoms with Gasteiger partial charge < -0.3 is 5.73 Å². The first-order valence-electron chi connectivity index (χ1n) is 5.96. The first kappa shape index (κ1) is 12.2. The van der Waals surface area contributed by atoms with Crippen LogP contribution in [0.1, 0.15) is 51.9 Å². The highest BCUT2D eigenvalue weighted by atomic mass is 16.1. The third-order valence-corrected chi connectivity index (χ3v) is 3.33. The quantitative estimate of drug-likeness (QED) is 0.683. The van der Waals surface area contributed by atoms with Crippen molar-refractivity contribution in [1.82, 2.24) is 0 Å². The van der Waals surface area contributed by atoms with E-state index < -0.39 is 0 Å². The van der Waals surface area contributed by atoms with Gasteiger partial charge in [0.1, 0.15) is 5.78 Å². The van der Waals surface area contributed by atoms with Gasteiger partial charge in [-0.05, 0) is 18.8 Å². The Morgan fingerprint density at radius 2 is 2.20 bits per heavy atom. The molecule has 0 heterocycles. The van der Waals surface area contributed by atoms with Crippen LogP contribution >= 0.6 is 0 Å². The summed E-state index contributed by atoms with van der Waals surface area (Å²) in [6, 6.07) is 0. The van der Waals surface area contributed by atoms with Gasteiger partial charge in [-0.1, -0.05) is 26.2 Å². The van der Waals surface area contributed by atoms with Gasteiger partial charge in [-0.2, -0.15) is 0 Å². The van der Waals surface area contributed by atoms with E-state index >= 15 is 0 Å². The van der Waals surface area contributed by atoms with Crippen molar-refractivity contribution in [2.45, 2.75) is 51.9 Å². The summed E-state index contributed by atoms with van der Waals surface area (Å²) in [6.45, 7) is 2.15. The second-order valence-electron chi connectivity index (χ2n) is 4.54. The molecule has 0 radical (unpaired) electrons. The monoisotopic (exact) mass is 211 g/mol. The van der Waals surface area contributed by atoms with E-state index in [1.54, 1.807) is 0 Å². The molecule has 15 heavy (non-hydrogen) atoms. The molecule has 1 amide bonds. The number of carbonyl (C=O) groups is 2. The molecule has 86 valence electrons. The maximum absolute atomic E-state index is 11.6. The Morgan fingerprint density at radius 1 is 1.47 bits per heavy atom. The number of carbonyl (C=O) groups excluding carboxylic acids is 2. The molecule has 1 rings (SSSR count). The minimum absolute atomic E-state index is 0.115. The summed E-state index contributed by atoms with van der Waals surface area (Å²) in [5, 5.41) is 0. The molecule has 0 spiro atoms. The fourth-order valence-electron chi connectivity index (χ4n) is 2.49. The number of Topliss-reactive ketones (excluding diaryl/α,β-unsaturated/α-hetero) is 1. The normalized spacial score (nSPS) is 25.8. The molecule has 3 nitrogen and oxygen atoms in total. The zero-order valence-corrected chi connectivity index (χ0v) is 9.50. The maximum Gasteiger partial charge on any atom is 0.217 e. The SMILES string of the molecule is CCCCCC1C(=O)CCC1CC(N)=O. The van der Waals surface area contributed by atoms with Crippen LogP contribution in [-0.4, -0.2) is 11.7 Å². The molecular weight excluding hydrogens is 190 g/mol. The molecule has 0 aromatic heterocycles. The molecule has 1 saturated carbocycles. The molecule has 0 aliphatic heterocycles. The number of rotatable bonds is 6. The summed E-state index contributed by atoms with van der Waals surface area (Å²) in [4.78, 5) is 22.5. The second kappa shape index (κ2) is 5.89. The van der Waals surface area contributed by atoms with Crippen molar-refractivity contribution in [1.29, 1.82) is 0 Å². The molecule has 1 fully saturated rings. The van der Waals surface area contributed by atoms with Crippen LogP contribution < -0.4 is 5.73 Å². The lowest BCUT2D eigenvalue weighted by Gasteiger charge is -2.16. The second-order valence-corrected chi connectivity index (χ2v) is 4.54. The molecular formula is C12H21NO2. The van der Waals surface area contributed by atoms with Crippen molar-refractivity contribution in [3.8, 4) is 0 Å². The van der Waals surface area contributed by atoms with Gasteiger partial charge in [0.2, 0.25) is 5.91 Å². The molecule has 3 heteroatoms. The van der Waals surface area contributed by atoms with Gasteiger partial charge in [-0.3, -0.25) is 9.59 Å². The Balaban J connectivity index is 2.41. The van der Waals surface area contributed by atoms with E-state index in [2.05, 4.69) is 6.92 Å². The van der Waals surface area contributed by atoms with Crippen molar-refractivity contribution in [3.63, 3.8) is 0 Å². The number of nitrogens with two attached hydrogens (primary N) is 1. The fourth-order valence-corrected chi connectivity index (χ4v) is 2.49. The topological polar surface area (TPSA) is 60.2 Å². The highest BCUT2D eigenvalue weighted by Gasteiger charge is 2.34. The van der Waals surface area contributed by atoms with Crippen molar-refractivity contribution >= 4 is 11.7 Å². The summed E-state index contributed by atoms with van der Waals surface area (Å²) in [5.41, 5.74) is 5.18. The van der Waals surface area contributed by atoms with Crippen molar-refractivity contribution in [3.05, 3.63) is 0 Å². The third kappa shape index (κ3) is 3.65. The minimum atomic E-state index is -0.268. The zero-order chi connectivity index (χ0) is 11.3. The Morgan fingerprint density at radius 3 is 2.80 bits per heavy atom. The summed E-state index contributed by atoms with van der Waals surface area (Å²) in [5.74, 6) is 0.420. The fraction of sp³-hybridized carbons (Fsp3) is 0.833. The molecule has 2 unspecified atom stereocenters. The van der Waals surface area contributed by atoms with Crippen LogP contribution in [0.2, 0.25) is 0 Å². The minimum Gasteiger partial charge on any atom is -0.370 e. The van der Waals surface area contributed by atoms with Crippen molar-refractivity contribution < 1.29 is 9.59 Å². The van der Waals surface area contributed by atoms with Crippen molar-refractivity contribution in [2.24, 2.45) is 17.6 Å². The Bertz CT molecular complexity index is 238. The molecule has 1 aliphatic rings. The summed E-state index contributed by atoms with van der Waals surface area (Å²) < 4.78 is 0. The molecule has 0 bridgehead atoms. The average molecular weight is 211 g/mol. The van der Waals surface area contributed by atoms with Gasteiger partial charge in [0.15, 0.2) is 0 Å². The van der Waals surface area contributed by atoms with E-state index in [1.807, 2.05) is 0 Å². The van der Waals surface area contributed by atoms with E-state index in [0.717, 1.165) is 19.3 Å². The van der Waals surface area contributed by atoms with E-state index in [9.17, 15) is 9.59 Å². The highest BCUT2D eigenvalue weighted by molar-refractivity contribution is 5.84. The van der Waals surface area contributed by atoms with Gasteiger partial charge >= 0.3 is 0 Å². The Kier molecular flexibility index (Phi) is 4.79. The number of hydrogen-bond donors (Lipinski definition) is 1. The lowest BCUT2D eigenvalue weighted by molar-refractivity contribution is -0.122. The summed E-state index contributed by atoms with van der Waals surface area (Å²) in [6.07, 6.45) is 6.29. The number of amides is 1. The lowest BCUT2D eigenvalue weighted by Crippen LogP contribution is -2.21. The first-order valence-corrected chi connectivity index (χ1v) is 5.96. The van der Waals surface area contributed by atoms with Gasteiger partial charge in [-0.15, -0.1) is 0 Å². The number of unbranched alkanes of at least 4 members (excludes halogenated alkanes) is 2. The summed E-state index contributed by atoms with van der Waals surface area (Å²) >= 11 is 0. The standard InChI is InChI=1S/C12H21NO2/c1-2-3-4-5-10-9(8-12(13)15)6-7-11(10)14/h9-10H,2-8H2,1H3,(H2,13,15). The largest absolute Gasteiger partial charge is 0.370 e. The number of primary amides is 1. The van der Waals surface area contributed by atoms with Crippen LogP contribution in [0.3, 0.4) is 0 Å². The van der Waals surface area contributed by atoms with E-state index in [1.165, 1.54) is 12.8 Å². The number of ketones is 1. The molecule has 2 N–H and O–H groups in total. The van der Waals surface area contributed by atoms with Crippen molar-refractivity contribution in [2.75, 3.05) is 0 Å². The van der Waals surface area contributed by atoms with Gasteiger partial charge in [0.25, 0.3) is 0 Å². The smallest absolute Gasteiger partial charge is 0.217 e. The average Bonchev–Trinajstić information content (AvgIpc) is 2.49.